The van der Waals surface area contributed by atoms with Gasteiger partial charge in [0.2, 0.25) is 5.91 Å². The topological polar surface area (TPSA) is 23.6 Å². The van der Waals surface area contributed by atoms with Gasteiger partial charge in [0.05, 0.1) is 11.5 Å². The van der Waals surface area contributed by atoms with E-state index in [-0.39, 0.29) is 28.6 Å². The Morgan fingerprint density at radius 1 is 1.29 bits per heavy atom. The summed E-state index contributed by atoms with van der Waals surface area (Å²) in [6, 6.07) is 6.70. The molecule has 1 spiro atoms. The van der Waals surface area contributed by atoms with Crippen LogP contribution in [0.2, 0.25) is 0 Å². The van der Waals surface area contributed by atoms with Gasteiger partial charge in [-0.15, -0.1) is 0 Å². The number of carbonyl (C=O) groups excluding carboxylic acids is 1. The summed E-state index contributed by atoms with van der Waals surface area (Å²) in [5.74, 6) is 0.0330. The monoisotopic (exact) mass is 288 g/mol. The maximum Gasteiger partial charge on any atom is 0.245 e. The van der Waals surface area contributed by atoms with Gasteiger partial charge in [0.15, 0.2) is 0 Å². The van der Waals surface area contributed by atoms with Gasteiger partial charge >= 0.3 is 0 Å². The van der Waals surface area contributed by atoms with Crippen LogP contribution in [-0.2, 0) is 4.79 Å². The lowest BCUT2D eigenvalue weighted by molar-refractivity contribution is -0.151. The van der Waals surface area contributed by atoms with Gasteiger partial charge in [-0.3, -0.25) is 9.80 Å². The van der Waals surface area contributed by atoms with E-state index in [1.54, 1.807) is 12.1 Å². The molecule has 112 valence electrons. The van der Waals surface area contributed by atoms with Crippen LogP contribution in [0, 0.1) is 16.6 Å². The third kappa shape index (κ3) is 1.85. The second-order valence-corrected chi connectivity index (χ2v) is 7.70. The standard InChI is InChI=1S/C17H21FN2O/c1-16(2)9-17(10-16)11-19-7-6-14(20(19)15(17)21)12-4-3-5-13(18)8-12/h3-5,8,14H,6-7,9-11H2,1-2H3/t14-/m0/s1. The van der Waals surface area contributed by atoms with Crippen molar-refractivity contribution in [1.82, 2.24) is 10.0 Å². The molecule has 3 fully saturated rings. The van der Waals surface area contributed by atoms with Crippen LogP contribution < -0.4 is 0 Å². The molecule has 1 saturated carbocycles. The lowest BCUT2D eigenvalue weighted by atomic mass is 9.54. The van der Waals surface area contributed by atoms with Gasteiger partial charge in [0.1, 0.15) is 5.82 Å². The van der Waals surface area contributed by atoms with Crippen molar-refractivity contribution in [2.75, 3.05) is 13.1 Å². The number of halogens is 1. The molecule has 0 bridgehead atoms. The average molecular weight is 288 g/mol. The van der Waals surface area contributed by atoms with Gasteiger partial charge < -0.3 is 0 Å². The molecule has 0 N–H and O–H groups in total. The van der Waals surface area contributed by atoms with Crippen LogP contribution in [0.5, 0.6) is 0 Å². The fourth-order valence-electron chi connectivity index (χ4n) is 4.85. The highest BCUT2D eigenvalue weighted by Crippen LogP contribution is 2.59. The zero-order valence-corrected chi connectivity index (χ0v) is 12.6. The minimum atomic E-state index is -0.225. The molecule has 1 atom stereocenters. The number of hydrogen-bond acceptors (Lipinski definition) is 2. The predicted molar refractivity (Wildman–Crippen MR) is 77.6 cm³/mol. The molecule has 21 heavy (non-hydrogen) atoms. The summed E-state index contributed by atoms with van der Waals surface area (Å²) in [5, 5.41) is 4.11. The summed E-state index contributed by atoms with van der Waals surface area (Å²) in [5.41, 5.74) is 1.03. The van der Waals surface area contributed by atoms with Gasteiger partial charge in [-0.05, 0) is 42.4 Å². The predicted octanol–water partition coefficient (Wildman–Crippen LogP) is 3.14. The van der Waals surface area contributed by atoms with Crippen molar-refractivity contribution >= 4 is 5.91 Å². The SMILES string of the molecule is CC1(C)CC2(CN3CC[C@@H](c4cccc(F)c4)N3C2=O)C1. The minimum Gasteiger partial charge on any atom is -0.273 e. The van der Waals surface area contributed by atoms with E-state index >= 15 is 0 Å². The lowest BCUT2D eigenvalue weighted by Crippen LogP contribution is -2.50. The van der Waals surface area contributed by atoms with Gasteiger partial charge in [0.25, 0.3) is 0 Å². The largest absolute Gasteiger partial charge is 0.273 e. The third-order valence-electron chi connectivity index (χ3n) is 5.27. The van der Waals surface area contributed by atoms with Crippen LogP contribution in [0.4, 0.5) is 4.39 Å². The molecular formula is C17H21FN2O. The number of nitrogens with zero attached hydrogens (tertiary/aromatic N) is 2. The van der Waals surface area contributed by atoms with E-state index in [0.29, 0.717) is 0 Å². The second kappa shape index (κ2) is 4.07. The first-order valence-electron chi connectivity index (χ1n) is 7.74. The Morgan fingerprint density at radius 3 is 2.71 bits per heavy atom. The van der Waals surface area contributed by atoms with Gasteiger partial charge in [-0.1, -0.05) is 26.0 Å². The second-order valence-electron chi connectivity index (χ2n) is 7.70. The lowest BCUT2D eigenvalue weighted by Gasteiger charge is -2.49. The van der Waals surface area contributed by atoms with Crippen LogP contribution in [0.3, 0.4) is 0 Å². The quantitative estimate of drug-likeness (QED) is 0.792. The van der Waals surface area contributed by atoms with Crippen LogP contribution in [0.25, 0.3) is 0 Å². The molecule has 1 amide bonds. The Bertz CT molecular complexity index is 605. The van der Waals surface area contributed by atoms with E-state index in [0.717, 1.165) is 37.9 Å². The number of benzene rings is 1. The molecule has 2 aliphatic heterocycles. The minimum absolute atomic E-state index is 0.0105. The summed E-state index contributed by atoms with van der Waals surface area (Å²) in [6.45, 7) is 6.21. The molecule has 0 unspecified atom stereocenters. The molecule has 3 aliphatic rings. The summed E-state index contributed by atoms with van der Waals surface area (Å²) in [4.78, 5) is 12.9. The molecule has 1 aromatic rings. The zero-order chi connectivity index (χ0) is 14.8. The highest BCUT2D eigenvalue weighted by Gasteiger charge is 2.63. The van der Waals surface area contributed by atoms with Crippen LogP contribution in [0.1, 0.15) is 44.7 Å². The molecule has 1 aliphatic carbocycles. The van der Waals surface area contributed by atoms with Crippen molar-refractivity contribution in [3.8, 4) is 0 Å². The van der Waals surface area contributed by atoms with Crippen molar-refractivity contribution in [3.05, 3.63) is 35.6 Å². The zero-order valence-electron chi connectivity index (χ0n) is 12.6. The fraction of sp³-hybridized carbons (Fsp3) is 0.588. The molecule has 0 radical (unpaired) electrons. The van der Waals surface area contributed by atoms with E-state index in [1.165, 1.54) is 6.07 Å². The molecule has 2 saturated heterocycles. The Balaban J connectivity index is 1.62. The van der Waals surface area contributed by atoms with E-state index in [9.17, 15) is 9.18 Å². The van der Waals surface area contributed by atoms with Crippen LogP contribution >= 0.6 is 0 Å². The van der Waals surface area contributed by atoms with Crippen molar-refractivity contribution < 1.29 is 9.18 Å². The van der Waals surface area contributed by atoms with E-state index in [1.807, 2.05) is 11.1 Å². The molecule has 4 rings (SSSR count). The summed E-state index contributed by atoms with van der Waals surface area (Å²) >= 11 is 0. The first-order chi connectivity index (χ1) is 9.90. The summed E-state index contributed by atoms with van der Waals surface area (Å²) < 4.78 is 13.5. The smallest absolute Gasteiger partial charge is 0.245 e. The molecule has 0 aromatic heterocycles. The Hall–Kier alpha value is -1.42. The maximum atomic E-state index is 13.5. The molecule has 3 nitrogen and oxygen atoms in total. The number of hydrazine groups is 1. The van der Waals surface area contributed by atoms with Crippen LogP contribution in [-0.4, -0.2) is 29.0 Å². The Labute approximate surface area is 124 Å². The van der Waals surface area contributed by atoms with E-state index < -0.39 is 0 Å². The molecule has 2 heterocycles. The normalized spacial score (nSPS) is 29.8. The first kappa shape index (κ1) is 13.3. The molecule has 4 heteroatoms. The maximum absolute atomic E-state index is 13.5. The van der Waals surface area contributed by atoms with Crippen LogP contribution in [0.15, 0.2) is 24.3 Å². The van der Waals surface area contributed by atoms with Crippen molar-refractivity contribution in [2.45, 2.75) is 39.2 Å². The van der Waals surface area contributed by atoms with Gasteiger partial charge in [-0.2, -0.15) is 0 Å². The van der Waals surface area contributed by atoms with E-state index in [4.69, 9.17) is 0 Å². The molecule has 1 aromatic carbocycles. The third-order valence-corrected chi connectivity index (χ3v) is 5.27. The fourth-order valence-corrected chi connectivity index (χ4v) is 4.85. The summed E-state index contributed by atoms with van der Waals surface area (Å²) in [6.07, 6.45) is 2.85. The summed E-state index contributed by atoms with van der Waals surface area (Å²) in [7, 11) is 0. The Morgan fingerprint density at radius 2 is 2.05 bits per heavy atom. The van der Waals surface area contributed by atoms with Gasteiger partial charge in [-0.25, -0.2) is 9.40 Å². The number of rotatable bonds is 1. The number of amides is 1. The van der Waals surface area contributed by atoms with Gasteiger partial charge in [0, 0.05) is 13.1 Å². The number of hydrogen-bond donors (Lipinski definition) is 0. The number of fused-ring (bicyclic) bond motifs is 1. The van der Waals surface area contributed by atoms with E-state index in [2.05, 4.69) is 18.9 Å². The van der Waals surface area contributed by atoms with Crippen molar-refractivity contribution in [1.29, 1.82) is 0 Å². The first-order valence-corrected chi connectivity index (χ1v) is 7.74. The highest BCUT2D eigenvalue weighted by atomic mass is 19.1. The molecular weight excluding hydrogens is 267 g/mol. The highest BCUT2D eigenvalue weighted by molar-refractivity contribution is 5.86. The number of carbonyl (C=O) groups is 1. The average Bonchev–Trinajstić information content (AvgIpc) is 2.88. The van der Waals surface area contributed by atoms with Crippen molar-refractivity contribution in [2.24, 2.45) is 10.8 Å². The van der Waals surface area contributed by atoms with Crippen molar-refractivity contribution in [3.63, 3.8) is 0 Å². The Kier molecular flexibility index (Phi) is 2.57.